The number of nitrogens with one attached hydrogen (secondary N) is 8. The molecule has 0 aromatic carbocycles. The van der Waals surface area contributed by atoms with E-state index in [-0.39, 0.29) is 131 Å². The van der Waals surface area contributed by atoms with Crippen molar-refractivity contribution in [3.05, 3.63) is 0 Å². The normalized spacial score (nSPS) is 26.2. The van der Waals surface area contributed by atoms with Crippen LogP contribution in [0.15, 0.2) is 0 Å². The highest BCUT2D eigenvalue weighted by Gasteiger charge is 2.48. The van der Waals surface area contributed by atoms with E-state index in [1.807, 2.05) is 0 Å². The highest BCUT2D eigenvalue weighted by atomic mass is 16.7. The number of hydrogen-bond donors (Lipinski definition) is 17. The van der Waals surface area contributed by atoms with Crippen LogP contribution in [0.4, 0.5) is 0 Å². The molecular formula is C58H104N8O31. The lowest BCUT2D eigenvalue weighted by atomic mass is 9.97. The Balaban J connectivity index is 1.62. The lowest BCUT2D eigenvalue weighted by Gasteiger charge is -2.42. The van der Waals surface area contributed by atoms with Crippen molar-refractivity contribution in [2.45, 2.75) is 157 Å². The molecule has 39 heteroatoms. The fourth-order valence-corrected chi connectivity index (χ4v) is 9.60. The van der Waals surface area contributed by atoms with Gasteiger partial charge in [-0.25, -0.2) is 0 Å². The summed E-state index contributed by atoms with van der Waals surface area (Å²) in [6, 6.07) is -6.23. The van der Waals surface area contributed by atoms with Crippen LogP contribution in [-0.2, 0) is 105 Å². The number of ether oxygens (including phenoxy) is 14. The molecular weight excluding hydrogens is 1300 g/mol. The number of amides is 8. The zero-order chi connectivity index (χ0) is 71.5. The SMILES string of the molecule is COCCOCCOCCOCCOCCC(=O)NC(CCC(=O)NC(CCC(=O)NCCOCCOC1OC(CO)C(O)C(O)C1NC(C)=O)C(=O)NCCOCCOC1OC(CO)C(O)C(O)C1NC(C)=O)C(=O)NCCOCCOC1OC(CO)C(O)C(O)C1NC(C)=O. The summed E-state index contributed by atoms with van der Waals surface area (Å²) in [6.07, 6.45) is -18.1. The first-order valence-electron chi connectivity index (χ1n) is 32.0. The van der Waals surface area contributed by atoms with E-state index in [1.165, 1.54) is 20.8 Å². The lowest BCUT2D eigenvalue weighted by Crippen LogP contribution is -2.64. The molecule has 562 valence electrons. The molecule has 8 amide bonds. The van der Waals surface area contributed by atoms with Gasteiger partial charge in [0.2, 0.25) is 47.3 Å². The van der Waals surface area contributed by atoms with E-state index in [9.17, 15) is 84.3 Å². The Morgan fingerprint density at radius 1 is 0.361 bits per heavy atom. The maximum atomic E-state index is 13.7. The monoisotopic (exact) mass is 1410 g/mol. The summed E-state index contributed by atoms with van der Waals surface area (Å²) in [5, 5.41) is 112. The molecule has 39 nitrogen and oxygen atoms in total. The third-order valence-corrected chi connectivity index (χ3v) is 14.6. The molecule has 97 heavy (non-hydrogen) atoms. The number of methoxy groups -OCH3 is 1. The minimum atomic E-state index is -1.54. The van der Waals surface area contributed by atoms with Crippen molar-refractivity contribution in [3.63, 3.8) is 0 Å². The number of aliphatic hydroxyl groups excluding tert-OH is 9. The number of carbonyl (C=O) groups is 8. The summed E-state index contributed by atoms with van der Waals surface area (Å²) in [4.78, 5) is 103. The summed E-state index contributed by atoms with van der Waals surface area (Å²) >= 11 is 0. The number of rotatable bonds is 52. The van der Waals surface area contributed by atoms with Crippen molar-refractivity contribution >= 4 is 47.3 Å². The van der Waals surface area contributed by atoms with E-state index in [4.69, 9.17) is 66.3 Å². The van der Waals surface area contributed by atoms with E-state index < -0.39 is 178 Å². The first-order chi connectivity index (χ1) is 46.6. The van der Waals surface area contributed by atoms with Crippen molar-refractivity contribution in [2.75, 3.05) is 165 Å². The lowest BCUT2D eigenvalue weighted by molar-refractivity contribution is -0.272. The van der Waals surface area contributed by atoms with Crippen molar-refractivity contribution < 1.29 is 151 Å². The molecule has 3 aliphatic heterocycles. The van der Waals surface area contributed by atoms with E-state index in [0.717, 1.165) is 0 Å². The average Bonchev–Trinajstić information content (AvgIpc) is 0.828. The Morgan fingerprint density at radius 2 is 0.649 bits per heavy atom. The summed E-state index contributed by atoms with van der Waals surface area (Å²) in [5.74, 6) is -5.05. The van der Waals surface area contributed by atoms with Gasteiger partial charge in [-0.1, -0.05) is 0 Å². The van der Waals surface area contributed by atoms with E-state index >= 15 is 0 Å². The third kappa shape index (κ3) is 34.2. The molecule has 0 aromatic rings. The van der Waals surface area contributed by atoms with Crippen molar-refractivity contribution in [3.8, 4) is 0 Å². The van der Waals surface area contributed by atoms with Crippen molar-refractivity contribution in [2.24, 2.45) is 0 Å². The van der Waals surface area contributed by atoms with Crippen molar-refractivity contribution in [1.29, 1.82) is 0 Å². The molecule has 0 saturated carbocycles. The summed E-state index contributed by atoms with van der Waals surface area (Å²) < 4.78 is 76.9. The first-order valence-corrected chi connectivity index (χ1v) is 32.0. The summed E-state index contributed by atoms with van der Waals surface area (Å²) in [7, 11) is 1.57. The summed E-state index contributed by atoms with van der Waals surface area (Å²) in [5.41, 5.74) is 0. The minimum Gasteiger partial charge on any atom is -0.394 e. The van der Waals surface area contributed by atoms with Crippen LogP contribution in [0.2, 0.25) is 0 Å². The largest absolute Gasteiger partial charge is 0.394 e. The average molecular weight is 1410 g/mol. The second-order valence-electron chi connectivity index (χ2n) is 22.2. The van der Waals surface area contributed by atoms with Gasteiger partial charge in [0.25, 0.3) is 0 Å². The highest BCUT2D eigenvalue weighted by Crippen LogP contribution is 2.25. The predicted octanol–water partition coefficient (Wildman–Crippen LogP) is -10.1. The van der Waals surface area contributed by atoms with Gasteiger partial charge < -0.3 is 155 Å². The molecule has 0 aliphatic carbocycles. The van der Waals surface area contributed by atoms with Crippen LogP contribution < -0.4 is 42.5 Å². The standard InChI is InChI=1S/C58H104N8O31/c1-34(70)62-45-51(79)48(76)39(31-67)95-56(45)92-28-25-86-14-10-59-42(73)7-5-37(54(82)60-11-15-87-26-29-93-57-46(63-35(2)71)52(80)49(77)40(32-68)96-57)65-43(74)8-6-38(66-44(75)9-13-85-19-20-90-23-24-91-22-21-89-18-17-84-4)55(83)61-12-16-88-27-30-94-58-47(64-36(3)72)53(81)50(78)41(33-69)97-58/h37-41,45-53,56-58,67-69,76-81H,5-33H2,1-4H3,(H,59,73)(H,60,82)(H,61,83)(H,62,70)(H,63,71)(H,64,72)(H,65,74)(H,66,75). The highest BCUT2D eigenvalue weighted by molar-refractivity contribution is 5.90. The molecule has 17 unspecified atom stereocenters. The van der Waals surface area contributed by atoms with Crippen LogP contribution in [0.5, 0.6) is 0 Å². The molecule has 0 radical (unpaired) electrons. The van der Waals surface area contributed by atoms with Crippen molar-refractivity contribution in [1.82, 2.24) is 42.5 Å². The molecule has 3 aliphatic rings. The Morgan fingerprint density at radius 3 is 0.979 bits per heavy atom. The van der Waals surface area contributed by atoms with Gasteiger partial charge in [0.15, 0.2) is 18.9 Å². The molecule has 17 N–H and O–H groups in total. The zero-order valence-corrected chi connectivity index (χ0v) is 55.3. The van der Waals surface area contributed by atoms with Crippen LogP contribution in [-0.4, -0.2) is 363 Å². The number of carbonyl (C=O) groups excluding carboxylic acids is 8. The number of hydrogen-bond acceptors (Lipinski definition) is 31. The second-order valence-corrected chi connectivity index (χ2v) is 22.2. The van der Waals surface area contributed by atoms with Gasteiger partial charge in [-0.2, -0.15) is 0 Å². The zero-order valence-electron chi connectivity index (χ0n) is 55.3. The number of aliphatic hydroxyl groups is 9. The molecule has 17 atom stereocenters. The van der Waals surface area contributed by atoms with Gasteiger partial charge in [0.05, 0.1) is 139 Å². The molecule has 3 heterocycles. The fourth-order valence-electron chi connectivity index (χ4n) is 9.60. The Bertz CT molecular complexity index is 2260. The fraction of sp³-hybridized carbons (Fsp3) is 0.862. The van der Waals surface area contributed by atoms with Gasteiger partial charge in [-0.05, 0) is 12.8 Å². The van der Waals surface area contributed by atoms with Crippen LogP contribution in [0, 0.1) is 0 Å². The van der Waals surface area contributed by atoms with Crippen LogP contribution >= 0.6 is 0 Å². The smallest absolute Gasteiger partial charge is 0.242 e. The first kappa shape index (κ1) is 86.1. The maximum Gasteiger partial charge on any atom is 0.242 e. The molecule has 3 fully saturated rings. The van der Waals surface area contributed by atoms with Gasteiger partial charge in [-0.15, -0.1) is 0 Å². The molecule has 0 bridgehead atoms. The third-order valence-electron chi connectivity index (χ3n) is 14.6. The quantitative estimate of drug-likeness (QED) is 0.0252. The summed E-state index contributed by atoms with van der Waals surface area (Å²) in [6.45, 7) is 2.87. The van der Waals surface area contributed by atoms with Crippen LogP contribution in [0.25, 0.3) is 0 Å². The predicted molar refractivity (Wildman–Crippen MR) is 328 cm³/mol. The van der Waals surface area contributed by atoms with Crippen LogP contribution in [0.3, 0.4) is 0 Å². The van der Waals surface area contributed by atoms with Gasteiger partial charge >= 0.3 is 0 Å². The van der Waals surface area contributed by atoms with Crippen LogP contribution in [0.1, 0.15) is 52.9 Å². The topological polar surface area (TPSA) is 544 Å². The van der Waals surface area contributed by atoms with Gasteiger partial charge in [0.1, 0.15) is 85.1 Å². The Hall–Kier alpha value is -5.16. The van der Waals surface area contributed by atoms with E-state index in [2.05, 4.69) is 42.5 Å². The molecule has 3 rings (SSSR count). The van der Waals surface area contributed by atoms with E-state index in [0.29, 0.717) is 33.0 Å². The Labute approximate surface area is 561 Å². The molecule has 0 spiro atoms. The van der Waals surface area contributed by atoms with Gasteiger partial charge in [-0.3, -0.25) is 38.4 Å². The second kappa shape index (κ2) is 50.2. The molecule has 3 saturated heterocycles. The van der Waals surface area contributed by atoms with E-state index in [1.54, 1.807) is 7.11 Å². The maximum absolute atomic E-state index is 13.7. The molecule has 0 aromatic heterocycles. The van der Waals surface area contributed by atoms with Gasteiger partial charge in [0, 0.05) is 66.8 Å². The minimum absolute atomic E-state index is 0.0257. The Kier molecular flexibility index (Phi) is 44.5.